The Morgan fingerprint density at radius 1 is 0.758 bits per heavy atom. The summed E-state index contributed by atoms with van der Waals surface area (Å²) in [4.78, 5) is 8.61. The standard InChI is InChI=1S/C28H17N3O.Pt/c1-2-11-25-23(10-1)24-15-14-21(19-26(24)31(25)27-12-3-5-16-29-27)20-8-7-9-22(18-20)32-28-13-4-6-17-30-28;/h1-17H;/q-2;+2/i3D,17D;. The van der Waals surface area contributed by atoms with Crippen LogP contribution in [0.2, 0.25) is 0 Å². The average molecular weight is 609 g/mol. The minimum absolute atomic E-state index is 0. The molecule has 0 saturated heterocycles. The molecule has 0 aliphatic rings. The quantitative estimate of drug-likeness (QED) is 0.211. The first-order chi connectivity index (χ1) is 16.7. The SMILES string of the molecule is [2H]c1ccnc(-n2c3[c-]c(-c4[c-]c(Oc5cccc([2H])n5)ccc4)ccc3c3ccccc32)c1.[Pt+2]. The molecule has 0 amide bonds. The minimum Gasteiger partial charge on any atom is -0.460 e. The van der Waals surface area contributed by atoms with Crippen LogP contribution in [0.4, 0.5) is 0 Å². The van der Waals surface area contributed by atoms with E-state index in [1.165, 1.54) is 0 Å². The minimum atomic E-state index is 0. The Hall–Kier alpha value is -3.75. The van der Waals surface area contributed by atoms with E-state index in [1.54, 1.807) is 42.6 Å². The zero-order chi connectivity index (χ0) is 23.1. The van der Waals surface area contributed by atoms with Gasteiger partial charge in [-0.15, -0.1) is 18.2 Å². The second-order valence-electron chi connectivity index (χ2n) is 7.24. The molecule has 6 aromatic rings. The molecule has 160 valence electrons. The van der Waals surface area contributed by atoms with E-state index in [2.05, 4.69) is 40.3 Å². The number of ether oxygens (including phenoxy) is 1. The van der Waals surface area contributed by atoms with E-state index in [-0.39, 0.29) is 27.2 Å². The first-order valence-corrected chi connectivity index (χ1v) is 10.2. The summed E-state index contributed by atoms with van der Waals surface area (Å²) in [5.41, 5.74) is 3.55. The Labute approximate surface area is 208 Å². The van der Waals surface area contributed by atoms with Gasteiger partial charge in [-0.1, -0.05) is 35.7 Å². The fourth-order valence-corrected chi connectivity index (χ4v) is 3.87. The summed E-state index contributed by atoms with van der Waals surface area (Å²) in [6.45, 7) is 0. The van der Waals surface area contributed by atoms with Crippen LogP contribution in [0.1, 0.15) is 2.74 Å². The predicted octanol–water partition coefficient (Wildman–Crippen LogP) is 6.63. The van der Waals surface area contributed by atoms with Gasteiger partial charge in [-0.3, -0.25) is 0 Å². The average Bonchev–Trinajstić information content (AvgIpc) is 3.18. The number of para-hydroxylation sites is 1. The number of hydrogen-bond acceptors (Lipinski definition) is 3. The Morgan fingerprint density at radius 3 is 2.55 bits per heavy atom. The van der Waals surface area contributed by atoms with E-state index in [1.807, 2.05) is 34.9 Å². The van der Waals surface area contributed by atoms with Crippen molar-refractivity contribution in [2.45, 2.75) is 0 Å². The second kappa shape index (κ2) is 9.01. The maximum atomic E-state index is 8.06. The number of pyridine rings is 2. The van der Waals surface area contributed by atoms with Crippen molar-refractivity contribution in [2.24, 2.45) is 0 Å². The Kier molecular flexibility index (Phi) is 5.13. The molecule has 3 heterocycles. The molecule has 0 spiro atoms. The van der Waals surface area contributed by atoms with Crippen molar-refractivity contribution >= 4 is 21.8 Å². The summed E-state index contributed by atoms with van der Waals surface area (Å²) >= 11 is 0. The van der Waals surface area contributed by atoms with Crippen LogP contribution in [0, 0.1) is 12.1 Å². The van der Waals surface area contributed by atoms with E-state index in [9.17, 15) is 0 Å². The Morgan fingerprint density at radius 2 is 1.64 bits per heavy atom. The van der Waals surface area contributed by atoms with Crippen molar-refractivity contribution in [3.8, 4) is 28.6 Å². The summed E-state index contributed by atoms with van der Waals surface area (Å²) in [5.74, 6) is 1.53. The van der Waals surface area contributed by atoms with Crippen molar-refractivity contribution in [1.29, 1.82) is 0 Å². The van der Waals surface area contributed by atoms with Crippen LogP contribution in [0.5, 0.6) is 11.6 Å². The van der Waals surface area contributed by atoms with Crippen molar-refractivity contribution in [3.05, 3.63) is 115 Å². The Bertz CT molecular complexity index is 1680. The van der Waals surface area contributed by atoms with Gasteiger partial charge in [0, 0.05) is 29.7 Å². The molecule has 0 atom stereocenters. The van der Waals surface area contributed by atoms with Gasteiger partial charge in [-0.2, -0.15) is 24.3 Å². The molecule has 0 fully saturated rings. The fraction of sp³-hybridized carbons (Fsp3) is 0. The third kappa shape index (κ3) is 3.94. The Balaban J connectivity index is 0.00000253. The molecule has 0 N–H and O–H groups in total. The third-order valence-electron chi connectivity index (χ3n) is 5.26. The predicted molar refractivity (Wildman–Crippen MR) is 126 cm³/mol. The van der Waals surface area contributed by atoms with E-state index < -0.39 is 0 Å². The van der Waals surface area contributed by atoms with Crippen LogP contribution < -0.4 is 4.74 Å². The van der Waals surface area contributed by atoms with E-state index in [0.29, 0.717) is 23.5 Å². The van der Waals surface area contributed by atoms with Gasteiger partial charge in [0.15, 0.2) is 0 Å². The van der Waals surface area contributed by atoms with Crippen molar-refractivity contribution < 1.29 is 28.5 Å². The number of fused-ring (bicyclic) bond motifs is 3. The summed E-state index contributed by atoms with van der Waals surface area (Å²) < 4.78 is 23.6. The maximum absolute atomic E-state index is 8.06. The van der Waals surface area contributed by atoms with Gasteiger partial charge in [0.05, 0.1) is 2.74 Å². The number of aromatic nitrogens is 3. The number of benzene rings is 3. The molecule has 0 radical (unpaired) electrons. The molecule has 33 heavy (non-hydrogen) atoms. The molecule has 3 aromatic heterocycles. The van der Waals surface area contributed by atoms with E-state index in [0.717, 1.165) is 32.9 Å². The summed E-state index contributed by atoms with van der Waals surface area (Å²) in [6, 6.07) is 33.6. The zero-order valence-electron chi connectivity index (χ0n) is 19.2. The zero-order valence-corrected chi connectivity index (χ0v) is 19.5. The van der Waals surface area contributed by atoms with E-state index >= 15 is 0 Å². The first-order valence-electron chi connectivity index (χ1n) is 11.2. The normalized spacial score (nSPS) is 11.6. The molecular weight excluding hydrogens is 589 g/mol. The van der Waals surface area contributed by atoms with E-state index in [4.69, 9.17) is 7.48 Å². The summed E-state index contributed by atoms with van der Waals surface area (Å²) in [7, 11) is 0. The van der Waals surface area contributed by atoms with Crippen LogP contribution in [0.3, 0.4) is 0 Å². The van der Waals surface area contributed by atoms with Gasteiger partial charge >= 0.3 is 21.1 Å². The molecule has 4 nitrogen and oxygen atoms in total. The monoisotopic (exact) mass is 608 g/mol. The largest absolute Gasteiger partial charge is 2.00 e. The smallest absolute Gasteiger partial charge is 0.460 e. The van der Waals surface area contributed by atoms with Crippen molar-refractivity contribution in [3.63, 3.8) is 0 Å². The first kappa shape index (κ1) is 18.8. The van der Waals surface area contributed by atoms with Gasteiger partial charge in [0.25, 0.3) is 0 Å². The topological polar surface area (TPSA) is 39.9 Å². The molecule has 0 bridgehead atoms. The second-order valence-corrected chi connectivity index (χ2v) is 7.24. The molecule has 3 aromatic carbocycles. The van der Waals surface area contributed by atoms with Crippen molar-refractivity contribution in [1.82, 2.24) is 14.5 Å². The molecule has 0 unspecified atom stereocenters. The summed E-state index contributed by atoms with van der Waals surface area (Å²) in [6.07, 6.45) is 1.79. The molecule has 0 aliphatic heterocycles. The van der Waals surface area contributed by atoms with Crippen LogP contribution in [0.25, 0.3) is 38.8 Å². The number of nitrogens with zero attached hydrogens (tertiary/aromatic N) is 3. The number of hydrogen-bond donors (Lipinski definition) is 0. The fourth-order valence-electron chi connectivity index (χ4n) is 3.87. The maximum Gasteiger partial charge on any atom is 2.00 e. The third-order valence-corrected chi connectivity index (χ3v) is 5.26. The van der Waals surface area contributed by atoms with Crippen molar-refractivity contribution in [2.75, 3.05) is 0 Å². The number of rotatable bonds is 4. The molecule has 0 aliphatic carbocycles. The van der Waals surface area contributed by atoms with Gasteiger partial charge in [-0.25, -0.2) is 21.1 Å². The molecule has 5 heteroatoms. The van der Waals surface area contributed by atoms with Crippen LogP contribution in [0.15, 0.2) is 103 Å². The van der Waals surface area contributed by atoms with Crippen LogP contribution in [-0.4, -0.2) is 14.5 Å². The molecule has 0 saturated carbocycles. The van der Waals surface area contributed by atoms with Crippen LogP contribution in [-0.2, 0) is 21.1 Å². The molecule has 6 rings (SSSR count). The van der Waals surface area contributed by atoms with Gasteiger partial charge < -0.3 is 9.30 Å². The molecular formula is C28H17N3OPt. The van der Waals surface area contributed by atoms with Gasteiger partial charge in [0.2, 0.25) is 5.88 Å². The van der Waals surface area contributed by atoms with Crippen LogP contribution >= 0.6 is 0 Å². The van der Waals surface area contributed by atoms with Gasteiger partial charge in [0.1, 0.15) is 5.82 Å². The summed E-state index contributed by atoms with van der Waals surface area (Å²) in [5, 5.41) is 2.15. The van der Waals surface area contributed by atoms with Gasteiger partial charge in [-0.05, 0) is 35.2 Å².